The highest BCUT2D eigenvalue weighted by Gasteiger charge is 2.27. The summed E-state index contributed by atoms with van der Waals surface area (Å²) in [6.07, 6.45) is 0.973. The number of nitrogens with zero attached hydrogens (tertiary/aromatic N) is 1. The molecule has 1 saturated heterocycles. The first kappa shape index (κ1) is 18.1. The molecule has 3 amide bonds. The van der Waals surface area contributed by atoms with Gasteiger partial charge in [0.15, 0.2) is 5.13 Å². The van der Waals surface area contributed by atoms with Crippen molar-refractivity contribution in [2.24, 2.45) is 0 Å². The molecule has 1 fully saturated rings. The number of hydrogen-bond donors (Lipinski definition) is 3. The third kappa shape index (κ3) is 4.26. The average Bonchev–Trinajstić information content (AvgIpc) is 3.21. The zero-order chi connectivity index (χ0) is 18.7. The predicted molar refractivity (Wildman–Crippen MR) is 100 cm³/mol. The van der Waals surface area contributed by atoms with Crippen LogP contribution in [0.25, 0.3) is 0 Å². The van der Waals surface area contributed by atoms with Crippen molar-refractivity contribution >= 4 is 39.9 Å². The Morgan fingerprint density at radius 1 is 1.31 bits per heavy atom. The van der Waals surface area contributed by atoms with Gasteiger partial charge in [-0.3, -0.25) is 14.4 Å². The third-order valence-electron chi connectivity index (χ3n) is 4.31. The Bertz CT molecular complexity index is 862. The van der Waals surface area contributed by atoms with Crippen molar-refractivity contribution in [1.82, 2.24) is 10.3 Å². The second-order valence-corrected chi connectivity index (χ2v) is 7.12. The molecule has 0 saturated carbocycles. The van der Waals surface area contributed by atoms with E-state index in [4.69, 9.17) is 0 Å². The SMILES string of the molecule is Cc1cccc(NC(=O)Cc2csc(NC(=O)[C@H]3CCC(=O)N3)n2)c1C. The molecule has 1 atom stereocenters. The van der Waals surface area contributed by atoms with Gasteiger partial charge in [0.05, 0.1) is 12.1 Å². The smallest absolute Gasteiger partial charge is 0.248 e. The van der Waals surface area contributed by atoms with Crippen molar-refractivity contribution in [3.05, 3.63) is 40.4 Å². The predicted octanol–water partition coefficient (Wildman–Crippen LogP) is 2.16. The standard InChI is InChI=1S/C18H20N4O3S/c1-10-4-3-5-13(11(10)2)20-16(24)8-12-9-26-18(19-12)22-17(25)14-6-7-15(23)21-14/h3-5,9,14H,6-8H2,1-2H3,(H,20,24)(H,21,23)(H,19,22,25)/t14-/m1/s1. The summed E-state index contributed by atoms with van der Waals surface area (Å²) < 4.78 is 0. The highest BCUT2D eigenvalue weighted by atomic mass is 32.1. The number of carbonyl (C=O) groups excluding carboxylic acids is 3. The number of amides is 3. The second kappa shape index (κ2) is 7.65. The lowest BCUT2D eigenvalue weighted by atomic mass is 10.1. The van der Waals surface area contributed by atoms with Crippen LogP contribution in [0.3, 0.4) is 0 Å². The van der Waals surface area contributed by atoms with E-state index in [0.29, 0.717) is 23.7 Å². The maximum Gasteiger partial charge on any atom is 0.248 e. The minimum Gasteiger partial charge on any atom is -0.344 e. The highest BCUT2D eigenvalue weighted by molar-refractivity contribution is 7.13. The van der Waals surface area contributed by atoms with Crippen LogP contribution < -0.4 is 16.0 Å². The molecule has 0 spiro atoms. The van der Waals surface area contributed by atoms with E-state index in [-0.39, 0.29) is 24.1 Å². The molecule has 1 aliphatic rings. The largest absolute Gasteiger partial charge is 0.344 e. The van der Waals surface area contributed by atoms with Gasteiger partial charge in [0.2, 0.25) is 17.7 Å². The van der Waals surface area contributed by atoms with E-state index in [0.717, 1.165) is 16.8 Å². The molecule has 3 rings (SSSR count). The number of aromatic nitrogens is 1. The summed E-state index contributed by atoms with van der Waals surface area (Å²) in [4.78, 5) is 39.8. The summed E-state index contributed by atoms with van der Waals surface area (Å²) in [5, 5.41) is 10.4. The van der Waals surface area contributed by atoms with Crippen LogP contribution >= 0.6 is 11.3 Å². The number of thiazole rings is 1. The Kier molecular flexibility index (Phi) is 5.32. The van der Waals surface area contributed by atoms with Crippen LogP contribution in [0.2, 0.25) is 0 Å². The van der Waals surface area contributed by atoms with E-state index in [1.165, 1.54) is 11.3 Å². The molecule has 0 unspecified atom stereocenters. The molecule has 1 aliphatic heterocycles. The van der Waals surface area contributed by atoms with E-state index in [1.807, 2.05) is 32.0 Å². The first-order valence-electron chi connectivity index (χ1n) is 8.33. The topological polar surface area (TPSA) is 100 Å². The van der Waals surface area contributed by atoms with Gasteiger partial charge in [-0.25, -0.2) is 4.98 Å². The summed E-state index contributed by atoms with van der Waals surface area (Å²) in [5.41, 5.74) is 3.52. The first-order chi connectivity index (χ1) is 12.4. The van der Waals surface area contributed by atoms with Crippen molar-refractivity contribution in [1.29, 1.82) is 0 Å². The summed E-state index contributed by atoms with van der Waals surface area (Å²) in [6, 6.07) is 5.24. The fraction of sp³-hybridized carbons (Fsp3) is 0.333. The summed E-state index contributed by atoms with van der Waals surface area (Å²) in [5.74, 6) is -0.561. The van der Waals surface area contributed by atoms with Crippen LogP contribution in [0, 0.1) is 13.8 Å². The van der Waals surface area contributed by atoms with Gasteiger partial charge in [-0.2, -0.15) is 0 Å². The first-order valence-corrected chi connectivity index (χ1v) is 9.21. The van der Waals surface area contributed by atoms with E-state index in [9.17, 15) is 14.4 Å². The molecule has 26 heavy (non-hydrogen) atoms. The number of anilines is 2. The summed E-state index contributed by atoms with van der Waals surface area (Å²) in [7, 11) is 0. The highest BCUT2D eigenvalue weighted by Crippen LogP contribution is 2.20. The minimum atomic E-state index is -0.512. The van der Waals surface area contributed by atoms with Crippen LogP contribution in [0.1, 0.15) is 29.7 Å². The molecule has 1 aromatic carbocycles. The van der Waals surface area contributed by atoms with E-state index in [2.05, 4.69) is 20.9 Å². The van der Waals surface area contributed by atoms with Gasteiger partial charge >= 0.3 is 0 Å². The molecular weight excluding hydrogens is 352 g/mol. The van der Waals surface area contributed by atoms with Gasteiger partial charge in [0.25, 0.3) is 0 Å². The lowest BCUT2D eigenvalue weighted by molar-refractivity contribution is -0.122. The van der Waals surface area contributed by atoms with E-state index < -0.39 is 6.04 Å². The van der Waals surface area contributed by atoms with Crippen LogP contribution in [-0.2, 0) is 20.8 Å². The number of aryl methyl sites for hydroxylation is 1. The molecular formula is C18H20N4O3S. The lowest BCUT2D eigenvalue weighted by Gasteiger charge is -2.09. The Morgan fingerprint density at radius 3 is 2.85 bits per heavy atom. The maximum absolute atomic E-state index is 12.2. The van der Waals surface area contributed by atoms with E-state index in [1.54, 1.807) is 5.38 Å². The van der Waals surface area contributed by atoms with E-state index >= 15 is 0 Å². The normalized spacial score (nSPS) is 16.2. The number of benzene rings is 1. The summed E-state index contributed by atoms with van der Waals surface area (Å²) >= 11 is 1.26. The quantitative estimate of drug-likeness (QED) is 0.749. The third-order valence-corrected chi connectivity index (χ3v) is 5.12. The molecule has 7 nitrogen and oxygen atoms in total. The molecule has 2 aromatic rings. The Balaban J connectivity index is 1.56. The number of rotatable bonds is 5. The number of hydrogen-bond acceptors (Lipinski definition) is 5. The number of carbonyl (C=O) groups is 3. The average molecular weight is 372 g/mol. The second-order valence-electron chi connectivity index (χ2n) is 6.26. The van der Waals surface area contributed by atoms with Gasteiger partial charge in [-0.15, -0.1) is 11.3 Å². The van der Waals surface area contributed by atoms with Gasteiger partial charge in [-0.05, 0) is 37.5 Å². The van der Waals surface area contributed by atoms with Crippen molar-refractivity contribution in [3.8, 4) is 0 Å². The van der Waals surface area contributed by atoms with Crippen LogP contribution in [0.4, 0.5) is 10.8 Å². The zero-order valence-electron chi connectivity index (χ0n) is 14.6. The molecule has 3 N–H and O–H groups in total. The van der Waals surface area contributed by atoms with Crippen LogP contribution in [0.5, 0.6) is 0 Å². The fourth-order valence-corrected chi connectivity index (χ4v) is 3.41. The Morgan fingerprint density at radius 2 is 2.12 bits per heavy atom. The van der Waals surface area contributed by atoms with Crippen LogP contribution in [-0.4, -0.2) is 28.7 Å². The Hall–Kier alpha value is -2.74. The monoisotopic (exact) mass is 372 g/mol. The molecule has 0 bridgehead atoms. The molecule has 2 heterocycles. The van der Waals surface area contributed by atoms with Crippen molar-refractivity contribution in [3.63, 3.8) is 0 Å². The Labute approximate surface area is 155 Å². The number of nitrogens with one attached hydrogen (secondary N) is 3. The zero-order valence-corrected chi connectivity index (χ0v) is 15.4. The van der Waals surface area contributed by atoms with Gasteiger partial charge in [-0.1, -0.05) is 12.1 Å². The lowest BCUT2D eigenvalue weighted by Crippen LogP contribution is -2.37. The molecule has 8 heteroatoms. The van der Waals surface area contributed by atoms with Crippen molar-refractivity contribution in [2.45, 2.75) is 39.2 Å². The molecule has 0 radical (unpaired) electrons. The van der Waals surface area contributed by atoms with Crippen molar-refractivity contribution in [2.75, 3.05) is 10.6 Å². The summed E-state index contributed by atoms with van der Waals surface area (Å²) in [6.45, 7) is 3.95. The van der Waals surface area contributed by atoms with Crippen molar-refractivity contribution < 1.29 is 14.4 Å². The minimum absolute atomic E-state index is 0.118. The maximum atomic E-state index is 12.2. The fourth-order valence-electron chi connectivity index (χ4n) is 2.69. The van der Waals surface area contributed by atoms with Gasteiger partial charge < -0.3 is 16.0 Å². The van der Waals surface area contributed by atoms with Gasteiger partial charge in [0.1, 0.15) is 6.04 Å². The molecule has 0 aliphatic carbocycles. The van der Waals surface area contributed by atoms with Gasteiger partial charge in [0, 0.05) is 17.5 Å². The molecule has 1 aromatic heterocycles. The molecule has 136 valence electrons. The van der Waals surface area contributed by atoms with Crippen LogP contribution in [0.15, 0.2) is 23.6 Å².